The number of carbonyl (C=O) groups excluding carboxylic acids is 1. The highest BCUT2D eigenvalue weighted by molar-refractivity contribution is 7.92. The third-order valence-corrected chi connectivity index (χ3v) is 9.97. The molecule has 0 atom stereocenters. The minimum Gasteiger partial charge on any atom is -0.395 e. The molecule has 1 aliphatic carbocycles. The first-order chi connectivity index (χ1) is 20.2. The number of aromatic nitrogens is 2. The fourth-order valence-electron chi connectivity index (χ4n) is 6.02. The molecule has 1 aromatic carbocycles. The number of rotatable bonds is 8. The van der Waals surface area contributed by atoms with Gasteiger partial charge in [-0.3, -0.25) is 9.52 Å². The molecule has 224 valence electrons. The van der Waals surface area contributed by atoms with Gasteiger partial charge >= 0.3 is 0 Å². The Labute approximate surface area is 243 Å². The zero-order valence-corrected chi connectivity index (χ0v) is 24.0. The normalized spacial score (nSPS) is 18.4. The van der Waals surface area contributed by atoms with E-state index in [0.29, 0.717) is 46.8 Å². The third-order valence-electron chi connectivity index (χ3n) is 8.70. The van der Waals surface area contributed by atoms with Gasteiger partial charge in [0.25, 0.3) is 12.0 Å². The lowest BCUT2D eigenvalue weighted by Crippen LogP contribution is -2.35. The molecule has 4 heterocycles. The number of aliphatic hydroxyl groups excluding tert-OH is 1. The van der Waals surface area contributed by atoms with Crippen molar-refractivity contribution < 1.29 is 27.1 Å². The van der Waals surface area contributed by atoms with Crippen LogP contribution in [0.25, 0.3) is 5.65 Å². The second kappa shape index (κ2) is 11.2. The maximum atomic E-state index is 13.8. The van der Waals surface area contributed by atoms with E-state index in [1.54, 1.807) is 41.2 Å². The molecule has 42 heavy (non-hydrogen) atoms. The van der Waals surface area contributed by atoms with Crippen molar-refractivity contribution in [3.05, 3.63) is 60.1 Å². The first-order valence-electron chi connectivity index (χ1n) is 14.2. The van der Waals surface area contributed by atoms with Gasteiger partial charge in [-0.2, -0.15) is 8.78 Å². The number of aliphatic hydroxyl groups is 1. The Morgan fingerprint density at radius 3 is 2.33 bits per heavy atom. The molecule has 2 aromatic heterocycles. The Kier molecular flexibility index (Phi) is 7.56. The number of imidazole rings is 1. The van der Waals surface area contributed by atoms with Gasteiger partial charge in [0.15, 0.2) is 5.65 Å². The highest BCUT2D eigenvalue weighted by Gasteiger charge is 2.44. The summed E-state index contributed by atoms with van der Waals surface area (Å²) in [5.74, 6) is -0.775. The lowest BCUT2D eigenvalue weighted by Gasteiger charge is -2.35. The van der Waals surface area contributed by atoms with Crippen LogP contribution in [0.5, 0.6) is 0 Å². The van der Waals surface area contributed by atoms with Gasteiger partial charge in [-0.1, -0.05) is 0 Å². The SMILES string of the molecule is O=C(Nc1cc(N2CCC(=C(F)F)CC2)c2nccn2c1)c1ccc(NS(=O)(=O)CCO)cc1N1CCC2(CC1)CC2. The molecular weight excluding hydrogens is 566 g/mol. The van der Waals surface area contributed by atoms with Crippen LogP contribution < -0.4 is 19.8 Å². The standard InChI is InChI=1S/C29H34F2N6O4S/c30-26(31)20-3-10-35(11-4-20)25-18-22(19-37-14-9-32-27(25)37)33-28(39)23-2-1-21(34-42(40,41)16-15-38)17-24(23)36-12-7-29(5-6-29)8-13-36/h1-2,9,14,17-19,34,38H,3-8,10-13,15-16H2,(H,33,39). The van der Waals surface area contributed by atoms with Crippen molar-refractivity contribution >= 4 is 44.3 Å². The van der Waals surface area contributed by atoms with Crippen LogP contribution in [-0.4, -0.2) is 67.4 Å². The first-order valence-corrected chi connectivity index (χ1v) is 15.9. The molecule has 1 spiro atoms. The van der Waals surface area contributed by atoms with E-state index in [1.165, 1.54) is 12.8 Å². The van der Waals surface area contributed by atoms with Gasteiger partial charge in [0.05, 0.1) is 40.7 Å². The Morgan fingerprint density at radius 1 is 0.976 bits per heavy atom. The van der Waals surface area contributed by atoms with E-state index in [1.807, 2.05) is 11.0 Å². The summed E-state index contributed by atoms with van der Waals surface area (Å²) in [5.41, 5.74) is 3.90. The molecule has 13 heteroatoms. The average molecular weight is 601 g/mol. The topological polar surface area (TPSA) is 119 Å². The number of sulfonamides is 1. The van der Waals surface area contributed by atoms with Gasteiger partial charge < -0.3 is 24.6 Å². The molecule has 0 unspecified atom stereocenters. The van der Waals surface area contributed by atoms with Crippen molar-refractivity contribution in [2.24, 2.45) is 5.41 Å². The van der Waals surface area contributed by atoms with Crippen molar-refractivity contribution in [1.82, 2.24) is 9.38 Å². The summed E-state index contributed by atoms with van der Waals surface area (Å²) >= 11 is 0. The van der Waals surface area contributed by atoms with Gasteiger partial charge in [-0.15, -0.1) is 0 Å². The van der Waals surface area contributed by atoms with Crippen LogP contribution in [0.1, 0.15) is 48.9 Å². The lowest BCUT2D eigenvalue weighted by molar-refractivity contribution is 0.102. The number of amides is 1. The maximum absolute atomic E-state index is 13.8. The number of fused-ring (bicyclic) bond motifs is 1. The number of piperidine rings is 2. The Morgan fingerprint density at radius 2 is 1.67 bits per heavy atom. The van der Waals surface area contributed by atoms with E-state index in [2.05, 4.69) is 19.9 Å². The predicted molar refractivity (Wildman–Crippen MR) is 158 cm³/mol. The number of nitrogens with one attached hydrogen (secondary N) is 2. The van der Waals surface area contributed by atoms with Crippen LogP contribution in [0.15, 0.2) is 54.5 Å². The molecule has 6 rings (SSSR count). The Hall–Kier alpha value is -3.71. The molecule has 10 nitrogen and oxygen atoms in total. The van der Waals surface area contributed by atoms with Gasteiger partial charge in [0, 0.05) is 44.8 Å². The Bertz CT molecular complexity index is 1630. The first kappa shape index (κ1) is 28.4. The van der Waals surface area contributed by atoms with Crippen molar-refractivity contribution in [2.45, 2.75) is 38.5 Å². The van der Waals surface area contributed by atoms with Crippen LogP contribution in [0.2, 0.25) is 0 Å². The van der Waals surface area contributed by atoms with Crippen LogP contribution in [0.4, 0.5) is 31.5 Å². The van der Waals surface area contributed by atoms with Crippen LogP contribution >= 0.6 is 0 Å². The molecule has 2 saturated heterocycles. The summed E-state index contributed by atoms with van der Waals surface area (Å²) in [6.07, 6.45) is 8.60. The van der Waals surface area contributed by atoms with Crippen LogP contribution in [0.3, 0.4) is 0 Å². The van der Waals surface area contributed by atoms with E-state index in [4.69, 9.17) is 5.11 Å². The van der Waals surface area contributed by atoms with Crippen molar-refractivity contribution in [3.63, 3.8) is 0 Å². The minimum atomic E-state index is -3.74. The fourth-order valence-corrected chi connectivity index (χ4v) is 6.85. The molecule has 3 N–H and O–H groups in total. The average Bonchev–Trinajstić information content (AvgIpc) is 3.54. The largest absolute Gasteiger partial charge is 0.395 e. The van der Waals surface area contributed by atoms with E-state index in [9.17, 15) is 22.0 Å². The second-order valence-corrected chi connectivity index (χ2v) is 13.3. The quantitative estimate of drug-likeness (QED) is 0.350. The molecular formula is C29H34F2N6O4S. The molecule has 0 radical (unpaired) electrons. The summed E-state index contributed by atoms with van der Waals surface area (Å²) in [6.45, 7) is 1.87. The molecule has 0 bridgehead atoms. The summed E-state index contributed by atoms with van der Waals surface area (Å²) < 4.78 is 55.2. The number of pyridine rings is 1. The van der Waals surface area contributed by atoms with E-state index >= 15 is 0 Å². The van der Waals surface area contributed by atoms with Gasteiger partial charge in [0.1, 0.15) is 0 Å². The number of halogens is 2. The number of nitrogens with zero attached hydrogens (tertiary/aromatic N) is 4. The summed E-state index contributed by atoms with van der Waals surface area (Å²) in [7, 11) is -3.74. The molecule has 3 aromatic rings. The second-order valence-electron chi connectivity index (χ2n) is 11.4. The summed E-state index contributed by atoms with van der Waals surface area (Å²) in [5, 5.41) is 12.1. The third kappa shape index (κ3) is 5.93. The smallest absolute Gasteiger partial charge is 0.269 e. The predicted octanol–water partition coefficient (Wildman–Crippen LogP) is 4.45. The van der Waals surface area contributed by atoms with Gasteiger partial charge in [0.2, 0.25) is 10.0 Å². The van der Waals surface area contributed by atoms with Gasteiger partial charge in [-0.05, 0) is 73.8 Å². The molecule has 3 aliphatic rings. The highest BCUT2D eigenvalue weighted by Crippen LogP contribution is 2.54. The number of benzene rings is 1. The summed E-state index contributed by atoms with van der Waals surface area (Å²) in [4.78, 5) is 22.3. The van der Waals surface area contributed by atoms with E-state index in [0.717, 1.165) is 31.6 Å². The zero-order chi connectivity index (χ0) is 29.5. The number of hydrogen-bond donors (Lipinski definition) is 3. The number of carbonyl (C=O) groups is 1. The minimum absolute atomic E-state index is 0.176. The number of anilines is 4. The lowest BCUT2D eigenvalue weighted by atomic mass is 9.93. The molecule has 1 saturated carbocycles. The maximum Gasteiger partial charge on any atom is 0.269 e. The van der Waals surface area contributed by atoms with Crippen molar-refractivity contribution in [1.29, 1.82) is 0 Å². The van der Waals surface area contributed by atoms with Crippen molar-refractivity contribution in [3.8, 4) is 0 Å². The molecule has 3 fully saturated rings. The fraction of sp³-hybridized carbons (Fsp3) is 0.448. The zero-order valence-electron chi connectivity index (χ0n) is 23.2. The van der Waals surface area contributed by atoms with Crippen LogP contribution in [0, 0.1) is 5.41 Å². The van der Waals surface area contributed by atoms with Crippen LogP contribution in [-0.2, 0) is 10.0 Å². The van der Waals surface area contributed by atoms with E-state index in [-0.39, 0.29) is 24.3 Å². The van der Waals surface area contributed by atoms with Gasteiger partial charge in [-0.25, -0.2) is 13.4 Å². The molecule has 2 aliphatic heterocycles. The van der Waals surface area contributed by atoms with E-state index < -0.39 is 28.5 Å². The highest BCUT2D eigenvalue weighted by atomic mass is 32.2. The molecule has 1 amide bonds. The summed E-state index contributed by atoms with van der Waals surface area (Å²) in [6, 6.07) is 6.66. The monoisotopic (exact) mass is 600 g/mol. The van der Waals surface area contributed by atoms with Crippen molar-refractivity contribution in [2.75, 3.05) is 58.4 Å². The number of hydrogen-bond acceptors (Lipinski definition) is 7. The Balaban J connectivity index is 1.28.